The standard InChI is InChI=1S/C20H23N5O2S/c1-3-4-12-25-19(15-6-5-11-21-13-15)23-24-20(25)28-14-18(26)22-16-7-9-17(27-2)10-8-16/h5-11,13H,3-4,12,14H2,1-2H3,(H,22,26). The van der Waals surface area contributed by atoms with Crippen LogP contribution in [0.5, 0.6) is 5.75 Å². The largest absolute Gasteiger partial charge is 0.497 e. The molecule has 146 valence electrons. The maximum absolute atomic E-state index is 12.3. The molecule has 0 aliphatic rings. The average molecular weight is 398 g/mol. The zero-order chi connectivity index (χ0) is 19.8. The molecule has 2 aromatic heterocycles. The molecule has 28 heavy (non-hydrogen) atoms. The van der Waals surface area contributed by atoms with Crippen LogP contribution in [0.4, 0.5) is 5.69 Å². The van der Waals surface area contributed by atoms with Crippen molar-refractivity contribution in [2.75, 3.05) is 18.2 Å². The number of ether oxygens (including phenoxy) is 1. The van der Waals surface area contributed by atoms with E-state index in [2.05, 4.69) is 32.0 Å². The first-order chi connectivity index (χ1) is 13.7. The first-order valence-corrected chi connectivity index (χ1v) is 10.1. The van der Waals surface area contributed by atoms with Crippen LogP contribution in [0.15, 0.2) is 53.9 Å². The number of amides is 1. The molecule has 0 bridgehead atoms. The lowest BCUT2D eigenvalue weighted by atomic mass is 10.2. The number of unbranched alkanes of at least 4 members (excludes halogenated alkanes) is 1. The Balaban J connectivity index is 1.67. The van der Waals surface area contributed by atoms with E-state index in [4.69, 9.17) is 4.74 Å². The summed E-state index contributed by atoms with van der Waals surface area (Å²) in [5.41, 5.74) is 1.65. The van der Waals surface area contributed by atoms with E-state index in [9.17, 15) is 4.79 Å². The number of nitrogens with one attached hydrogen (secondary N) is 1. The van der Waals surface area contributed by atoms with Gasteiger partial charge in [-0.05, 0) is 42.8 Å². The molecule has 8 heteroatoms. The molecule has 7 nitrogen and oxygen atoms in total. The summed E-state index contributed by atoms with van der Waals surface area (Å²) in [4.78, 5) is 16.5. The molecule has 0 fully saturated rings. The highest BCUT2D eigenvalue weighted by Crippen LogP contribution is 2.24. The van der Waals surface area contributed by atoms with Gasteiger partial charge in [-0.3, -0.25) is 9.78 Å². The Morgan fingerprint density at radius 1 is 1.21 bits per heavy atom. The van der Waals surface area contributed by atoms with Crippen molar-refractivity contribution in [2.45, 2.75) is 31.5 Å². The van der Waals surface area contributed by atoms with Gasteiger partial charge in [0.05, 0.1) is 12.9 Å². The minimum absolute atomic E-state index is 0.0943. The number of thioether (sulfide) groups is 1. The quantitative estimate of drug-likeness (QED) is 0.552. The fourth-order valence-corrected chi connectivity index (χ4v) is 3.39. The second kappa shape index (κ2) is 9.89. The zero-order valence-electron chi connectivity index (χ0n) is 16.0. The van der Waals surface area contributed by atoms with Crippen molar-refractivity contribution in [3.63, 3.8) is 0 Å². The van der Waals surface area contributed by atoms with Crippen molar-refractivity contribution >= 4 is 23.4 Å². The summed E-state index contributed by atoms with van der Waals surface area (Å²) in [5, 5.41) is 12.2. The summed E-state index contributed by atoms with van der Waals surface area (Å²) < 4.78 is 7.19. The van der Waals surface area contributed by atoms with Gasteiger partial charge < -0.3 is 14.6 Å². The van der Waals surface area contributed by atoms with Crippen LogP contribution in [-0.2, 0) is 11.3 Å². The van der Waals surface area contributed by atoms with Crippen molar-refractivity contribution in [1.82, 2.24) is 19.7 Å². The molecule has 1 N–H and O–H groups in total. The van der Waals surface area contributed by atoms with Crippen molar-refractivity contribution in [3.8, 4) is 17.1 Å². The number of methoxy groups -OCH3 is 1. The third-order valence-corrected chi connectivity index (χ3v) is 5.04. The summed E-state index contributed by atoms with van der Waals surface area (Å²) in [6.07, 6.45) is 5.58. The lowest BCUT2D eigenvalue weighted by Gasteiger charge is -2.10. The number of carbonyl (C=O) groups excluding carboxylic acids is 1. The predicted octanol–water partition coefficient (Wildman–Crippen LogP) is 3.88. The molecule has 1 aromatic carbocycles. The van der Waals surface area contributed by atoms with Crippen LogP contribution >= 0.6 is 11.8 Å². The Labute approximate surface area is 168 Å². The van der Waals surface area contributed by atoms with E-state index < -0.39 is 0 Å². The number of hydrogen-bond acceptors (Lipinski definition) is 6. The minimum atomic E-state index is -0.0943. The third-order valence-electron chi connectivity index (χ3n) is 4.08. The molecule has 0 saturated carbocycles. The number of hydrogen-bond donors (Lipinski definition) is 1. The Kier molecular flexibility index (Phi) is 7.02. The van der Waals surface area contributed by atoms with E-state index in [0.29, 0.717) is 0 Å². The van der Waals surface area contributed by atoms with E-state index in [1.165, 1.54) is 11.8 Å². The highest BCUT2D eigenvalue weighted by Gasteiger charge is 2.15. The summed E-state index contributed by atoms with van der Waals surface area (Å²) >= 11 is 1.38. The van der Waals surface area contributed by atoms with E-state index >= 15 is 0 Å². The van der Waals surface area contributed by atoms with Gasteiger partial charge >= 0.3 is 0 Å². The van der Waals surface area contributed by atoms with Gasteiger partial charge in [0, 0.05) is 30.2 Å². The molecule has 2 heterocycles. The lowest BCUT2D eigenvalue weighted by Crippen LogP contribution is -2.14. The van der Waals surface area contributed by atoms with Crippen molar-refractivity contribution in [3.05, 3.63) is 48.8 Å². The van der Waals surface area contributed by atoms with Crippen molar-refractivity contribution in [1.29, 1.82) is 0 Å². The number of anilines is 1. The van der Waals surface area contributed by atoms with E-state index in [0.717, 1.165) is 47.4 Å². The Hall–Kier alpha value is -2.87. The number of nitrogens with zero attached hydrogens (tertiary/aromatic N) is 4. The predicted molar refractivity (Wildman–Crippen MR) is 111 cm³/mol. The fourth-order valence-electron chi connectivity index (χ4n) is 2.62. The van der Waals surface area contributed by atoms with E-state index in [1.54, 1.807) is 19.5 Å². The van der Waals surface area contributed by atoms with Gasteiger partial charge in [0.25, 0.3) is 0 Å². The fraction of sp³-hybridized carbons (Fsp3) is 0.300. The molecule has 0 radical (unpaired) electrons. The monoisotopic (exact) mass is 397 g/mol. The molecular weight excluding hydrogens is 374 g/mol. The first-order valence-electron chi connectivity index (χ1n) is 9.11. The smallest absolute Gasteiger partial charge is 0.234 e. The van der Waals surface area contributed by atoms with Crippen LogP contribution in [0.25, 0.3) is 11.4 Å². The molecule has 3 rings (SSSR count). The van der Waals surface area contributed by atoms with Gasteiger partial charge in [-0.25, -0.2) is 0 Å². The van der Waals surface area contributed by atoms with Crippen LogP contribution in [0.1, 0.15) is 19.8 Å². The van der Waals surface area contributed by atoms with Crippen molar-refractivity contribution in [2.24, 2.45) is 0 Å². The number of carbonyl (C=O) groups is 1. The molecule has 1 amide bonds. The van der Waals surface area contributed by atoms with Gasteiger partial charge in [0.15, 0.2) is 11.0 Å². The maximum Gasteiger partial charge on any atom is 0.234 e. The van der Waals surface area contributed by atoms with E-state index in [-0.39, 0.29) is 11.7 Å². The normalized spacial score (nSPS) is 10.6. The number of pyridine rings is 1. The Morgan fingerprint density at radius 2 is 2.04 bits per heavy atom. The van der Waals surface area contributed by atoms with Gasteiger partial charge in [0.2, 0.25) is 5.91 Å². The number of rotatable bonds is 9. The summed E-state index contributed by atoms with van der Waals surface area (Å²) in [5.74, 6) is 1.69. The van der Waals surface area contributed by atoms with Gasteiger partial charge in [-0.15, -0.1) is 10.2 Å². The molecule has 0 aliphatic heterocycles. The lowest BCUT2D eigenvalue weighted by molar-refractivity contribution is -0.113. The second-order valence-corrected chi connectivity index (χ2v) is 7.06. The highest BCUT2D eigenvalue weighted by atomic mass is 32.2. The zero-order valence-corrected chi connectivity index (χ0v) is 16.8. The summed E-state index contributed by atoms with van der Waals surface area (Å²) in [6.45, 7) is 2.94. The molecule has 0 unspecified atom stereocenters. The summed E-state index contributed by atoms with van der Waals surface area (Å²) in [7, 11) is 1.61. The maximum atomic E-state index is 12.3. The highest BCUT2D eigenvalue weighted by molar-refractivity contribution is 7.99. The third kappa shape index (κ3) is 5.10. The van der Waals surface area contributed by atoms with Gasteiger partial charge in [-0.2, -0.15) is 0 Å². The van der Waals surface area contributed by atoms with Crippen LogP contribution < -0.4 is 10.1 Å². The SMILES string of the molecule is CCCCn1c(SCC(=O)Nc2ccc(OC)cc2)nnc1-c1cccnc1. The average Bonchev–Trinajstić information content (AvgIpc) is 3.14. The molecule has 0 spiro atoms. The van der Waals surface area contributed by atoms with E-state index in [1.807, 2.05) is 36.4 Å². The number of aromatic nitrogens is 4. The Bertz CT molecular complexity index is 897. The molecule has 0 aliphatic carbocycles. The molecule has 3 aromatic rings. The van der Waals surface area contributed by atoms with Crippen LogP contribution in [0.3, 0.4) is 0 Å². The Morgan fingerprint density at radius 3 is 2.71 bits per heavy atom. The minimum Gasteiger partial charge on any atom is -0.497 e. The van der Waals surface area contributed by atoms with Crippen LogP contribution in [0, 0.1) is 0 Å². The van der Waals surface area contributed by atoms with Gasteiger partial charge in [0.1, 0.15) is 5.75 Å². The van der Waals surface area contributed by atoms with Crippen LogP contribution in [-0.4, -0.2) is 38.5 Å². The van der Waals surface area contributed by atoms with Gasteiger partial charge in [-0.1, -0.05) is 25.1 Å². The van der Waals surface area contributed by atoms with Crippen molar-refractivity contribution < 1.29 is 9.53 Å². The molecule has 0 saturated heterocycles. The first kappa shape index (κ1) is 19.9. The topological polar surface area (TPSA) is 81.9 Å². The molecular formula is C20H23N5O2S. The van der Waals surface area contributed by atoms with Crippen LogP contribution in [0.2, 0.25) is 0 Å². The molecule has 0 atom stereocenters. The second-order valence-electron chi connectivity index (χ2n) is 6.12. The number of benzene rings is 1. The summed E-state index contributed by atoms with van der Waals surface area (Å²) in [6, 6.07) is 11.1.